The number of para-hydroxylation sites is 2. The van der Waals surface area contributed by atoms with Gasteiger partial charge in [-0.3, -0.25) is 9.59 Å². The number of allylic oxidation sites excluding steroid dienone is 4. The smallest absolute Gasteiger partial charge is 0.158 e. The van der Waals surface area contributed by atoms with Crippen molar-refractivity contribution in [2.24, 2.45) is 22.7 Å². The Labute approximate surface area is 251 Å². The molecule has 0 aromatic heterocycles. The highest BCUT2D eigenvalue weighted by Crippen LogP contribution is 2.67. The zero-order valence-corrected chi connectivity index (χ0v) is 26.3. The molecule has 2 aromatic carbocycles. The molecule has 6 aliphatic rings. The highest BCUT2D eigenvalue weighted by atomic mass is 16.1. The fourth-order valence-electron chi connectivity index (χ4n) is 10.7. The number of nitrogens with zero attached hydrogens (tertiary/aromatic N) is 2. The quantitative estimate of drug-likeness (QED) is 0.334. The van der Waals surface area contributed by atoms with Gasteiger partial charge in [0.25, 0.3) is 0 Å². The van der Waals surface area contributed by atoms with Gasteiger partial charge in [0.2, 0.25) is 0 Å². The number of likely N-dealkylation sites (N-methyl/N-ethyl adjacent to an activating group) is 2. The van der Waals surface area contributed by atoms with Crippen molar-refractivity contribution in [3.05, 3.63) is 83.2 Å². The molecule has 0 amide bonds. The number of carbonyl (C=O) groups excluding carboxylic acids is 2. The van der Waals surface area contributed by atoms with Crippen LogP contribution >= 0.6 is 0 Å². The molecule has 2 heterocycles. The maximum Gasteiger partial charge on any atom is 0.158 e. The average Bonchev–Trinajstić information content (AvgIpc) is 3.22. The highest BCUT2D eigenvalue weighted by molar-refractivity contribution is 5.94. The number of benzene rings is 2. The minimum atomic E-state index is -0.190. The van der Waals surface area contributed by atoms with Gasteiger partial charge in [0.05, 0.1) is 0 Å². The molecule has 2 aliphatic heterocycles. The van der Waals surface area contributed by atoms with Gasteiger partial charge in [-0.25, -0.2) is 0 Å². The summed E-state index contributed by atoms with van der Waals surface area (Å²) in [4.78, 5) is 32.1. The van der Waals surface area contributed by atoms with Crippen LogP contribution in [-0.2, 0) is 20.4 Å². The molecule has 220 valence electrons. The molecule has 4 fully saturated rings. The van der Waals surface area contributed by atoms with E-state index in [0.29, 0.717) is 24.7 Å². The summed E-state index contributed by atoms with van der Waals surface area (Å²) in [5.74, 6) is 1.82. The first-order valence-electron chi connectivity index (χ1n) is 16.0. The van der Waals surface area contributed by atoms with Crippen LogP contribution in [0.4, 0.5) is 11.4 Å². The molecule has 4 aliphatic carbocycles. The molecule has 0 N–H and O–H groups in total. The van der Waals surface area contributed by atoms with E-state index in [4.69, 9.17) is 0 Å². The van der Waals surface area contributed by atoms with E-state index in [1.54, 1.807) is 0 Å². The standard InChI is InChI=1S/C38H46N2O2/c1-35(2)29-11-7-9-13-31(29)39(5)33(35)16-27(41)22-37-18-25-15-26(19-37)21-38(20-25,24-37)23-28(42)17-34-36(3,4)30-12-8-10-14-32(30)40(34)6/h7-14,16-17,25-26H,15,18-24H2,1-6H3. The van der Waals surface area contributed by atoms with Crippen molar-refractivity contribution in [3.63, 3.8) is 0 Å². The first-order valence-corrected chi connectivity index (χ1v) is 16.0. The molecular formula is C38H46N2O2. The largest absolute Gasteiger partial charge is 0.347 e. The highest BCUT2D eigenvalue weighted by Gasteiger charge is 2.58. The van der Waals surface area contributed by atoms with E-state index in [1.807, 2.05) is 12.2 Å². The van der Waals surface area contributed by atoms with Gasteiger partial charge in [-0.1, -0.05) is 64.1 Å². The Morgan fingerprint density at radius 3 is 1.45 bits per heavy atom. The Kier molecular flexibility index (Phi) is 6.05. The normalized spacial score (nSPS) is 33.4. The summed E-state index contributed by atoms with van der Waals surface area (Å²) in [6, 6.07) is 17.0. The third-order valence-corrected chi connectivity index (χ3v) is 11.9. The van der Waals surface area contributed by atoms with E-state index in [1.165, 1.54) is 28.9 Å². The van der Waals surface area contributed by atoms with E-state index >= 15 is 0 Å². The van der Waals surface area contributed by atoms with Crippen molar-refractivity contribution < 1.29 is 9.59 Å². The first-order chi connectivity index (χ1) is 19.8. The van der Waals surface area contributed by atoms with Gasteiger partial charge in [-0.15, -0.1) is 0 Å². The lowest BCUT2D eigenvalue weighted by molar-refractivity contribution is -0.140. The zero-order valence-electron chi connectivity index (χ0n) is 26.3. The van der Waals surface area contributed by atoms with Crippen LogP contribution in [0.3, 0.4) is 0 Å². The molecule has 0 unspecified atom stereocenters. The number of anilines is 2. The second kappa shape index (κ2) is 9.18. The summed E-state index contributed by atoms with van der Waals surface area (Å²) in [6.07, 6.45) is 12.1. The number of fused-ring (bicyclic) bond motifs is 2. The van der Waals surface area contributed by atoms with Crippen molar-refractivity contribution in [3.8, 4) is 0 Å². The predicted molar refractivity (Wildman–Crippen MR) is 171 cm³/mol. The van der Waals surface area contributed by atoms with Crippen LogP contribution in [0.15, 0.2) is 72.1 Å². The second-order valence-electron chi connectivity index (χ2n) is 15.7. The van der Waals surface area contributed by atoms with Gasteiger partial charge in [0, 0.05) is 72.7 Å². The van der Waals surface area contributed by atoms with E-state index < -0.39 is 0 Å². The lowest BCUT2D eigenvalue weighted by Gasteiger charge is -2.62. The molecule has 2 aromatic rings. The molecule has 0 atom stereocenters. The Hall–Kier alpha value is -3.14. The van der Waals surface area contributed by atoms with Crippen molar-refractivity contribution in [2.45, 2.75) is 89.9 Å². The van der Waals surface area contributed by atoms with Crippen molar-refractivity contribution in [2.75, 3.05) is 23.9 Å². The van der Waals surface area contributed by atoms with E-state index in [-0.39, 0.29) is 33.2 Å². The number of hydrogen-bond donors (Lipinski definition) is 0. The molecule has 0 radical (unpaired) electrons. The fraction of sp³-hybridized carbons (Fsp3) is 0.526. The van der Waals surface area contributed by atoms with Crippen LogP contribution in [0.2, 0.25) is 0 Å². The van der Waals surface area contributed by atoms with E-state index in [9.17, 15) is 9.59 Å². The minimum absolute atomic E-state index is 0.0411. The van der Waals surface area contributed by atoms with Crippen LogP contribution in [-0.4, -0.2) is 25.7 Å². The third-order valence-electron chi connectivity index (χ3n) is 11.9. The molecule has 4 bridgehead atoms. The summed E-state index contributed by atoms with van der Waals surface area (Å²) in [6.45, 7) is 8.93. The fourth-order valence-corrected chi connectivity index (χ4v) is 10.7. The topological polar surface area (TPSA) is 40.6 Å². The van der Waals surface area contributed by atoms with Crippen molar-refractivity contribution in [1.29, 1.82) is 0 Å². The van der Waals surface area contributed by atoms with Crippen LogP contribution in [0.1, 0.15) is 90.2 Å². The lowest BCUT2D eigenvalue weighted by Crippen LogP contribution is -2.53. The Morgan fingerprint density at radius 1 is 0.690 bits per heavy atom. The van der Waals surface area contributed by atoms with Crippen LogP contribution in [0.25, 0.3) is 0 Å². The molecule has 4 heteroatoms. The molecule has 0 saturated heterocycles. The van der Waals surface area contributed by atoms with Gasteiger partial charge in [0.1, 0.15) is 0 Å². The zero-order chi connectivity index (χ0) is 29.7. The Bertz CT molecular complexity index is 1420. The Balaban J connectivity index is 1.12. The molecule has 0 spiro atoms. The van der Waals surface area contributed by atoms with Gasteiger partial charge >= 0.3 is 0 Å². The number of hydrogen-bond acceptors (Lipinski definition) is 4. The van der Waals surface area contributed by atoms with E-state index in [0.717, 1.165) is 43.5 Å². The van der Waals surface area contributed by atoms with Crippen LogP contribution in [0.5, 0.6) is 0 Å². The maximum absolute atomic E-state index is 13.9. The lowest BCUT2D eigenvalue weighted by atomic mass is 9.42. The first kappa shape index (κ1) is 27.7. The summed E-state index contributed by atoms with van der Waals surface area (Å²) in [5, 5.41) is 0. The minimum Gasteiger partial charge on any atom is -0.347 e. The Morgan fingerprint density at radius 2 is 1.07 bits per heavy atom. The predicted octanol–water partition coefficient (Wildman–Crippen LogP) is 8.11. The number of carbonyl (C=O) groups is 2. The van der Waals surface area contributed by atoms with Gasteiger partial charge in [-0.05, 0) is 84.5 Å². The van der Waals surface area contributed by atoms with Crippen LogP contribution in [0, 0.1) is 22.7 Å². The maximum atomic E-state index is 13.9. The van der Waals surface area contributed by atoms with Gasteiger partial charge in [0.15, 0.2) is 11.6 Å². The number of rotatable bonds is 6. The molecular weight excluding hydrogens is 516 g/mol. The summed E-state index contributed by atoms with van der Waals surface area (Å²) in [5.41, 5.74) is 6.86. The van der Waals surface area contributed by atoms with Crippen molar-refractivity contribution >= 4 is 22.9 Å². The van der Waals surface area contributed by atoms with Crippen LogP contribution < -0.4 is 9.80 Å². The third kappa shape index (κ3) is 4.15. The second-order valence-corrected chi connectivity index (χ2v) is 15.7. The van der Waals surface area contributed by atoms with E-state index in [2.05, 4.69) is 100 Å². The number of ketones is 2. The van der Waals surface area contributed by atoms with Crippen molar-refractivity contribution in [1.82, 2.24) is 0 Å². The molecule has 42 heavy (non-hydrogen) atoms. The monoisotopic (exact) mass is 562 g/mol. The van der Waals surface area contributed by atoms with Gasteiger partial charge < -0.3 is 9.80 Å². The van der Waals surface area contributed by atoms with Gasteiger partial charge in [-0.2, -0.15) is 0 Å². The molecule has 4 saturated carbocycles. The summed E-state index contributed by atoms with van der Waals surface area (Å²) >= 11 is 0. The summed E-state index contributed by atoms with van der Waals surface area (Å²) < 4.78 is 0. The summed E-state index contributed by atoms with van der Waals surface area (Å²) in [7, 11) is 4.18. The molecule has 4 nitrogen and oxygen atoms in total. The molecule has 8 rings (SSSR count). The average molecular weight is 563 g/mol. The SMILES string of the molecule is CN1C(=CC(=O)CC23CC4CC(C2)CC(CC(=O)C=C2N(C)c5ccccc5C2(C)C)(C4)C3)C(C)(C)c2ccccc21.